The van der Waals surface area contributed by atoms with Gasteiger partial charge in [-0.15, -0.1) is 11.3 Å². The van der Waals surface area contributed by atoms with Crippen LogP contribution in [0.1, 0.15) is 28.1 Å². The molecule has 0 spiro atoms. The first kappa shape index (κ1) is 25.4. The Bertz CT molecular complexity index is 1690. The second-order valence-electron chi connectivity index (χ2n) is 8.56. The van der Waals surface area contributed by atoms with E-state index in [2.05, 4.69) is 4.98 Å². The highest BCUT2D eigenvalue weighted by Gasteiger charge is 2.25. The number of rotatable bonds is 9. The fourth-order valence-corrected chi connectivity index (χ4v) is 4.71. The van der Waals surface area contributed by atoms with Crippen molar-refractivity contribution in [1.29, 1.82) is 0 Å². The maximum absolute atomic E-state index is 15.3. The third-order valence-electron chi connectivity index (χ3n) is 6.02. The average molecular weight is 548 g/mol. The van der Waals surface area contributed by atoms with E-state index in [-0.39, 0.29) is 51.1 Å². The molecular weight excluding hydrogens is 529 g/mol. The van der Waals surface area contributed by atoms with Crippen LogP contribution in [0, 0.1) is 23.4 Å². The smallest absolute Gasteiger partial charge is 0.346 e. The molecule has 1 saturated carbocycles. The second kappa shape index (κ2) is 9.89. The van der Waals surface area contributed by atoms with Gasteiger partial charge in [-0.25, -0.2) is 27.3 Å². The average Bonchev–Trinajstić information content (AvgIpc) is 3.61. The molecule has 0 saturated heterocycles. The molecule has 5 rings (SSSR count). The van der Waals surface area contributed by atoms with Gasteiger partial charge in [-0.3, -0.25) is 4.79 Å². The van der Waals surface area contributed by atoms with E-state index in [4.69, 9.17) is 14.2 Å². The molecule has 13 heteroatoms. The summed E-state index contributed by atoms with van der Waals surface area (Å²) in [5.74, 6) is -4.73. The van der Waals surface area contributed by atoms with Gasteiger partial charge >= 0.3 is 11.7 Å². The highest BCUT2D eigenvalue weighted by molar-refractivity contribution is 7.13. The van der Waals surface area contributed by atoms with Gasteiger partial charge in [0, 0.05) is 17.5 Å². The predicted octanol–water partition coefficient (Wildman–Crippen LogP) is 4.23. The molecule has 0 radical (unpaired) electrons. The van der Waals surface area contributed by atoms with Crippen molar-refractivity contribution < 1.29 is 37.3 Å². The number of hydrogen-bond donors (Lipinski definition) is 2. The third-order valence-corrected chi connectivity index (χ3v) is 6.99. The van der Waals surface area contributed by atoms with Crippen molar-refractivity contribution in [3.05, 3.63) is 78.4 Å². The number of benzene rings is 2. The van der Waals surface area contributed by atoms with E-state index in [1.54, 1.807) is 0 Å². The lowest BCUT2D eigenvalue weighted by molar-refractivity contribution is 0.0704. The van der Waals surface area contributed by atoms with Gasteiger partial charge in [0.15, 0.2) is 29.0 Å². The molecule has 0 bridgehead atoms. The Morgan fingerprint density at radius 3 is 2.53 bits per heavy atom. The number of halogens is 3. The molecular formula is C25H19F3N2O7S. The van der Waals surface area contributed by atoms with Gasteiger partial charge in [0.2, 0.25) is 0 Å². The minimum atomic E-state index is -1.39. The molecule has 4 aromatic rings. The maximum atomic E-state index is 15.3. The summed E-state index contributed by atoms with van der Waals surface area (Å²) in [5, 5.41) is 10.4. The number of fused-ring (bicyclic) bond motifs is 1. The van der Waals surface area contributed by atoms with E-state index in [1.807, 2.05) is 0 Å². The summed E-state index contributed by atoms with van der Waals surface area (Å²) in [6.07, 6.45) is 1.86. The standard InChI is InChI=1S/C25H19F3N2O7S/c1-35-17-5-4-13(26)21(28)12(17)9-37-19-7-16(14(27)6-18(19)36-8-11-2-3-11)30-23(31)20-15(29-25(30)34)10-38-22(20)24(32)33/h4-7,10-11H,2-3,8-9H2,1H3,(H,29,34)(H,32,33). The monoisotopic (exact) mass is 548 g/mol. The van der Waals surface area contributed by atoms with Crippen LogP contribution in [0.2, 0.25) is 0 Å². The minimum Gasteiger partial charge on any atom is -0.496 e. The van der Waals surface area contributed by atoms with Crippen LogP contribution < -0.4 is 25.5 Å². The summed E-state index contributed by atoms with van der Waals surface area (Å²) in [6, 6.07) is 4.03. The van der Waals surface area contributed by atoms with Crippen LogP contribution in [0.3, 0.4) is 0 Å². The Hall–Kier alpha value is -4.26. The molecule has 0 amide bonds. The number of carboxylic acid groups (broad SMARTS) is 1. The van der Waals surface area contributed by atoms with Gasteiger partial charge < -0.3 is 24.3 Å². The Morgan fingerprint density at radius 2 is 1.84 bits per heavy atom. The van der Waals surface area contributed by atoms with Gasteiger partial charge in [0.25, 0.3) is 5.56 Å². The summed E-state index contributed by atoms with van der Waals surface area (Å²) in [4.78, 5) is 39.6. The van der Waals surface area contributed by atoms with Crippen molar-refractivity contribution >= 4 is 28.2 Å². The fraction of sp³-hybridized carbons (Fsp3) is 0.240. The van der Waals surface area contributed by atoms with E-state index in [9.17, 15) is 28.3 Å². The van der Waals surface area contributed by atoms with Crippen LogP contribution in [0.15, 0.2) is 39.2 Å². The lowest BCUT2D eigenvalue weighted by atomic mass is 10.2. The molecule has 198 valence electrons. The highest BCUT2D eigenvalue weighted by atomic mass is 32.1. The van der Waals surface area contributed by atoms with Gasteiger partial charge in [-0.2, -0.15) is 0 Å². The number of carbonyl (C=O) groups is 1. The number of aromatic nitrogens is 2. The number of ether oxygens (including phenoxy) is 3. The number of hydrogen-bond acceptors (Lipinski definition) is 7. The first-order valence-corrected chi connectivity index (χ1v) is 12.2. The summed E-state index contributed by atoms with van der Waals surface area (Å²) in [5.41, 5.74) is -2.90. The number of H-pyrrole nitrogens is 1. The van der Waals surface area contributed by atoms with Crippen molar-refractivity contribution in [2.45, 2.75) is 19.4 Å². The van der Waals surface area contributed by atoms with Crippen LogP contribution in [0.5, 0.6) is 17.2 Å². The molecule has 2 aromatic heterocycles. The van der Waals surface area contributed by atoms with E-state index in [0.29, 0.717) is 4.57 Å². The fourth-order valence-electron chi connectivity index (χ4n) is 3.88. The number of thiophene rings is 1. The first-order valence-electron chi connectivity index (χ1n) is 11.3. The zero-order valence-corrected chi connectivity index (χ0v) is 20.5. The largest absolute Gasteiger partial charge is 0.496 e. The molecule has 1 fully saturated rings. The Labute approximate surface area is 215 Å². The molecule has 0 aliphatic heterocycles. The predicted molar refractivity (Wildman–Crippen MR) is 130 cm³/mol. The number of aromatic amines is 1. The van der Waals surface area contributed by atoms with E-state index < -0.39 is 47.0 Å². The molecule has 38 heavy (non-hydrogen) atoms. The molecule has 9 nitrogen and oxygen atoms in total. The number of aromatic carboxylic acids is 1. The van der Waals surface area contributed by atoms with Gasteiger partial charge in [-0.05, 0) is 30.9 Å². The van der Waals surface area contributed by atoms with Crippen molar-refractivity contribution in [3.8, 4) is 22.9 Å². The summed E-state index contributed by atoms with van der Waals surface area (Å²) < 4.78 is 60.5. The molecule has 2 aromatic carbocycles. The first-order chi connectivity index (χ1) is 18.2. The number of carboxylic acids is 1. The van der Waals surface area contributed by atoms with Crippen molar-refractivity contribution in [1.82, 2.24) is 9.55 Å². The molecule has 2 heterocycles. The zero-order chi connectivity index (χ0) is 27.1. The van der Waals surface area contributed by atoms with E-state index in [1.165, 1.54) is 18.6 Å². The van der Waals surface area contributed by atoms with Gasteiger partial charge in [0.1, 0.15) is 17.2 Å². The summed E-state index contributed by atoms with van der Waals surface area (Å²) in [7, 11) is 1.26. The van der Waals surface area contributed by atoms with Gasteiger partial charge in [-0.1, -0.05) is 0 Å². The molecule has 2 N–H and O–H groups in total. The Kier molecular flexibility index (Phi) is 6.61. The summed E-state index contributed by atoms with van der Waals surface area (Å²) >= 11 is 0.735. The van der Waals surface area contributed by atoms with E-state index >= 15 is 4.39 Å². The normalized spacial score (nSPS) is 13.1. The van der Waals surface area contributed by atoms with Crippen LogP contribution in [-0.4, -0.2) is 34.3 Å². The minimum absolute atomic E-state index is 0.00320. The van der Waals surface area contributed by atoms with Crippen LogP contribution in [0.25, 0.3) is 16.6 Å². The maximum Gasteiger partial charge on any atom is 0.346 e. The second-order valence-corrected chi connectivity index (χ2v) is 9.44. The summed E-state index contributed by atoms with van der Waals surface area (Å²) in [6.45, 7) is -0.314. The Balaban J connectivity index is 1.62. The molecule has 0 atom stereocenters. The Morgan fingerprint density at radius 1 is 1.11 bits per heavy atom. The number of nitrogens with one attached hydrogen (secondary N) is 1. The molecule has 0 unspecified atom stereocenters. The van der Waals surface area contributed by atoms with Crippen molar-refractivity contribution in [2.75, 3.05) is 13.7 Å². The number of nitrogens with zero attached hydrogens (tertiary/aromatic N) is 1. The lowest BCUT2D eigenvalue weighted by Gasteiger charge is -2.17. The third kappa shape index (κ3) is 4.60. The zero-order valence-electron chi connectivity index (χ0n) is 19.7. The highest BCUT2D eigenvalue weighted by Crippen LogP contribution is 2.36. The van der Waals surface area contributed by atoms with Crippen LogP contribution in [-0.2, 0) is 6.61 Å². The SMILES string of the molecule is COc1ccc(F)c(F)c1COc1cc(-n2c(=O)[nH]c3csc(C(=O)O)c3c2=O)c(F)cc1OCC1CC1. The van der Waals surface area contributed by atoms with Crippen molar-refractivity contribution in [2.24, 2.45) is 5.92 Å². The molecule has 1 aliphatic carbocycles. The van der Waals surface area contributed by atoms with Crippen molar-refractivity contribution in [3.63, 3.8) is 0 Å². The lowest BCUT2D eigenvalue weighted by Crippen LogP contribution is -2.34. The van der Waals surface area contributed by atoms with E-state index in [0.717, 1.165) is 42.4 Å². The topological polar surface area (TPSA) is 120 Å². The number of methoxy groups -OCH3 is 1. The quantitative estimate of drug-likeness (QED) is 0.321. The molecule has 1 aliphatic rings. The van der Waals surface area contributed by atoms with Crippen LogP contribution >= 0.6 is 11.3 Å². The van der Waals surface area contributed by atoms with Gasteiger partial charge in [0.05, 0.1) is 35.9 Å². The van der Waals surface area contributed by atoms with Crippen LogP contribution in [0.4, 0.5) is 13.2 Å².